The third-order valence-electron chi connectivity index (χ3n) is 4.24. The molecule has 0 fully saturated rings. The van der Waals surface area contributed by atoms with E-state index in [-0.39, 0.29) is 29.2 Å². The summed E-state index contributed by atoms with van der Waals surface area (Å²) < 4.78 is 19.6. The van der Waals surface area contributed by atoms with Crippen molar-refractivity contribution in [2.45, 2.75) is 6.54 Å². The van der Waals surface area contributed by atoms with Crippen LogP contribution in [0.25, 0.3) is 0 Å². The second-order valence-electron chi connectivity index (χ2n) is 6.09. The Labute approximate surface area is 167 Å². The molecule has 0 unspecified atom stereocenters. The maximum Gasteiger partial charge on any atom is 0.328 e. The number of anilines is 1. The van der Waals surface area contributed by atoms with Crippen LogP contribution in [0.15, 0.2) is 58.3 Å². The first-order valence-electron chi connectivity index (χ1n) is 8.51. The number of rotatable bonds is 6. The number of nitro benzene ring substituents is 1. The zero-order chi connectivity index (χ0) is 21.8. The molecule has 0 aliphatic carbocycles. The number of H-pyrrole nitrogens is 1. The summed E-state index contributed by atoms with van der Waals surface area (Å²) in [6, 6.07) is 9.13. The Morgan fingerprint density at radius 3 is 2.67 bits per heavy atom. The van der Waals surface area contributed by atoms with E-state index in [1.165, 1.54) is 31.4 Å². The highest BCUT2D eigenvalue weighted by molar-refractivity contribution is 6.04. The Morgan fingerprint density at radius 2 is 2.00 bits per heavy atom. The zero-order valence-electron chi connectivity index (χ0n) is 15.5. The minimum atomic E-state index is -0.930. The van der Waals surface area contributed by atoms with E-state index >= 15 is 0 Å². The quantitative estimate of drug-likeness (QED) is 0.467. The monoisotopic (exact) mass is 414 g/mol. The lowest BCUT2D eigenvalue weighted by Gasteiger charge is -2.11. The number of ether oxygens (including phenoxy) is 1. The van der Waals surface area contributed by atoms with Crippen molar-refractivity contribution in [3.05, 3.63) is 96.6 Å². The van der Waals surface area contributed by atoms with Gasteiger partial charge in [-0.3, -0.25) is 24.3 Å². The van der Waals surface area contributed by atoms with Crippen LogP contribution < -0.4 is 21.3 Å². The fraction of sp³-hybridized carbons (Fsp3) is 0.105. The number of hydrogen-bond donors (Lipinski definition) is 2. The lowest BCUT2D eigenvalue weighted by atomic mass is 10.2. The van der Waals surface area contributed by atoms with Crippen molar-refractivity contribution in [2.24, 2.45) is 0 Å². The van der Waals surface area contributed by atoms with Crippen molar-refractivity contribution < 1.29 is 18.8 Å². The number of carbonyl (C=O) groups is 1. The van der Waals surface area contributed by atoms with Gasteiger partial charge in [0.05, 0.1) is 30.3 Å². The number of carbonyl (C=O) groups excluding carboxylic acids is 1. The van der Waals surface area contributed by atoms with Gasteiger partial charge in [-0.1, -0.05) is 18.2 Å². The van der Waals surface area contributed by atoms with Gasteiger partial charge >= 0.3 is 5.69 Å². The molecule has 1 amide bonds. The third-order valence-corrected chi connectivity index (χ3v) is 4.24. The summed E-state index contributed by atoms with van der Waals surface area (Å²) in [6.07, 6.45) is 0.940. The summed E-state index contributed by atoms with van der Waals surface area (Å²) in [4.78, 5) is 49.8. The Kier molecular flexibility index (Phi) is 5.72. The largest absolute Gasteiger partial charge is 0.494 e. The second-order valence-corrected chi connectivity index (χ2v) is 6.09. The third kappa shape index (κ3) is 4.09. The molecule has 10 nitrogen and oxygen atoms in total. The first kappa shape index (κ1) is 20.5. The van der Waals surface area contributed by atoms with E-state index in [2.05, 4.69) is 10.3 Å². The molecule has 0 saturated heterocycles. The van der Waals surface area contributed by atoms with Gasteiger partial charge in [0.25, 0.3) is 17.2 Å². The Balaban J connectivity index is 1.94. The number of nitro groups is 1. The van der Waals surface area contributed by atoms with Crippen LogP contribution in [0.4, 0.5) is 15.8 Å². The molecule has 1 aromatic heterocycles. The number of aromatic nitrogens is 2. The normalized spacial score (nSPS) is 10.5. The molecule has 1 heterocycles. The Morgan fingerprint density at radius 1 is 1.27 bits per heavy atom. The van der Waals surface area contributed by atoms with Crippen LogP contribution >= 0.6 is 0 Å². The molecule has 0 bridgehead atoms. The highest BCUT2D eigenvalue weighted by Gasteiger charge is 2.19. The molecule has 3 rings (SSSR count). The van der Waals surface area contributed by atoms with Gasteiger partial charge in [0.15, 0.2) is 0 Å². The minimum absolute atomic E-state index is 0.00802. The first-order chi connectivity index (χ1) is 14.3. The minimum Gasteiger partial charge on any atom is -0.494 e. The summed E-state index contributed by atoms with van der Waals surface area (Å²) in [6.45, 7) is -0.372. The molecule has 154 valence electrons. The van der Waals surface area contributed by atoms with Crippen LogP contribution in [0.5, 0.6) is 5.75 Å². The highest BCUT2D eigenvalue weighted by atomic mass is 19.1. The van der Waals surface area contributed by atoms with Gasteiger partial charge in [-0.05, 0) is 12.1 Å². The van der Waals surface area contributed by atoms with E-state index in [9.17, 15) is 28.9 Å². The standard InChI is InChI=1S/C19H15FN4O6/c1-30-16-8-12(24(28)29)6-7-15(16)22-17(25)13-9-21-19(27)23(18(13)26)10-11-4-2-3-5-14(11)20/h2-9H,10H2,1H3,(H,21,27)(H,22,25). The van der Waals surface area contributed by atoms with Crippen LogP contribution in [0, 0.1) is 15.9 Å². The van der Waals surface area contributed by atoms with Gasteiger partial charge in [-0.2, -0.15) is 0 Å². The molecule has 0 aliphatic heterocycles. The number of amides is 1. The molecule has 0 radical (unpaired) electrons. The van der Waals surface area contributed by atoms with Crippen LogP contribution in [-0.2, 0) is 6.54 Å². The van der Waals surface area contributed by atoms with E-state index < -0.39 is 33.5 Å². The average Bonchev–Trinajstić information content (AvgIpc) is 2.72. The number of benzene rings is 2. The van der Waals surface area contributed by atoms with E-state index in [1.54, 1.807) is 6.07 Å². The molecular formula is C19H15FN4O6. The van der Waals surface area contributed by atoms with E-state index in [1.807, 2.05) is 0 Å². The fourth-order valence-electron chi connectivity index (χ4n) is 2.70. The molecule has 0 spiro atoms. The van der Waals surface area contributed by atoms with Gasteiger partial charge in [0, 0.05) is 17.8 Å². The second kappa shape index (κ2) is 8.39. The molecule has 2 N–H and O–H groups in total. The van der Waals surface area contributed by atoms with E-state index in [4.69, 9.17) is 4.74 Å². The van der Waals surface area contributed by atoms with Crippen molar-refractivity contribution in [2.75, 3.05) is 12.4 Å². The maximum atomic E-state index is 13.9. The number of aromatic amines is 1. The Bertz CT molecular complexity index is 1250. The summed E-state index contributed by atoms with van der Waals surface area (Å²) in [5, 5.41) is 13.3. The molecule has 0 aliphatic rings. The summed E-state index contributed by atoms with van der Waals surface area (Å²) in [5.74, 6) is -1.48. The van der Waals surface area contributed by atoms with Crippen molar-refractivity contribution in [1.29, 1.82) is 0 Å². The lowest BCUT2D eigenvalue weighted by molar-refractivity contribution is -0.384. The molecule has 3 aromatic rings. The van der Waals surface area contributed by atoms with Crippen LogP contribution in [0.3, 0.4) is 0 Å². The number of halogens is 1. The van der Waals surface area contributed by atoms with E-state index in [0.717, 1.165) is 18.3 Å². The Hall–Kier alpha value is -4.28. The zero-order valence-corrected chi connectivity index (χ0v) is 15.5. The number of nitrogens with zero attached hydrogens (tertiary/aromatic N) is 2. The topological polar surface area (TPSA) is 136 Å². The van der Waals surface area contributed by atoms with Crippen molar-refractivity contribution in [1.82, 2.24) is 9.55 Å². The number of hydrogen-bond acceptors (Lipinski definition) is 6. The summed E-state index contributed by atoms with van der Waals surface area (Å²) in [5.41, 5.74) is -2.22. The lowest BCUT2D eigenvalue weighted by Crippen LogP contribution is -2.39. The maximum absolute atomic E-state index is 13.9. The predicted molar refractivity (Wildman–Crippen MR) is 104 cm³/mol. The van der Waals surface area contributed by atoms with Gasteiger partial charge in [-0.25, -0.2) is 9.18 Å². The van der Waals surface area contributed by atoms with E-state index in [0.29, 0.717) is 4.57 Å². The molecule has 0 atom stereocenters. The average molecular weight is 414 g/mol. The smallest absolute Gasteiger partial charge is 0.328 e. The summed E-state index contributed by atoms with van der Waals surface area (Å²) in [7, 11) is 1.26. The molecular weight excluding hydrogens is 399 g/mol. The van der Waals surface area contributed by atoms with Gasteiger partial charge in [0.2, 0.25) is 0 Å². The van der Waals surface area contributed by atoms with Crippen LogP contribution in [0.1, 0.15) is 15.9 Å². The SMILES string of the molecule is COc1cc([N+](=O)[O-])ccc1NC(=O)c1c[nH]c(=O)n(Cc2ccccc2F)c1=O. The number of nitrogens with one attached hydrogen (secondary N) is 2. The number of methoxy groups -OCH3 is 1. The highest BCUT2D eigenvalue weighted by Crippen LogP contribution is 2.29. The van der Waals surface area contributed by atoms with Crippen molar-refractivity contribution in [3.8, 4) is 5.75 Å². The fourth-order valence-corrected chi connectivity index (χ4v) is 2.70. The first-order valence-corrected chi connectivity index (χ1v) is 8.51. The molecule has 11 heteroatoms. The van der Waals surface area contributed by atoms with Gasteiger partial charge in [0.1, 0.15) is 17.1 Å². The number of non-ortho nitro benzene ring substituents is 1. The van der Waals surface area contributed by atoms with Crippen molar-refractivity contribution >= 4 is 17.3 Å². The van der Waals surface area contributed by atoms with Gasteiger partial charge < -0.3 is 15.0 Å². The molecule has 0 saturated carbocycles. The van der Waals surface area contributed by atoms with Crippen LogP contribution in [-0.4, -0.2) is 27.5 Å². The van der Waals surface area contributed by atoms with Crippen LogP contribution in [0.2, 0.25) is 0 Å². The van der Waals surface area contributed by atoms with Gasteiger partial charge in [-0.15, -0.1) is 0 Å². The summed E-state index contributed by atoms with van der Waals surface area (Å²) >= 11 is 0. The molecule has 30 heavy (non-hydrogen) atoms. The molecule has 2 aromatic carbocycles. The van der Waals surface area contributed by atoms with Crippen molar-refractivity contribution in [3.63, 3.8) is 0 Å². The predicted octanol–water partition coefficient (Wildman–Crippen LogP) is 1.89.